The highest BCUT2D eigenvalue weighted by molar-refractivity contribution is 7.89. The zero-order valence-corrected chi connectivity index (χ0v) is 17.3. The molecule has 0 atom stereocenters. The molecule has 0 aliphatic carbocycles. The number of nitrogens with zero attached hydrogens (tertiary/aromatic N) is 2. The van der Waals surface area contributed by atoms with Crippen LogP contribution in [0.4, 0.5) is 0 Å². The summed E-state index contributed by atoms with van der Waals surface area (Å²) in [7, 11) is -3.81. The summed E-state index contributed by atoms with van der Waals surface area (Å²) in [5.74, 6) is 0. The molecule has 0 spiro atoms. The molecule has 152 valence electrons. The topological polar surface area (TPSA) is 77.5 Å². The Bertz CT molecular complexity index is 1490. The van der Waals surface area contributed by atoms with Gasteiger partial charge in [0.05, 0.1) is 10.6 Å². The van der Waals surface area contributed by atoms with E-state index in [-0.39, 0.29) is 4.90 Å². The lowest BCUT2D eigenvalue weighted by Gasteiger charge is -2.10. The highest BCUT2D eigenvalue weighted by atomic mass is 32.2. The third kappa shape index (κ3) is 3.74. The van der Waals surface area contributed by atoms with E-state index in [0.717, 1.165) is 39.2 Å². The van der Waals surface area contributed by atoms with Crippen LogP contribution in [0.1, 0.15) is 0 Å². The summed E-state index contributed by atoms with van der Waals surface area (Å²) in [5.41, 5.74) is 6.22. The molecule has 5 aromatic rings. The summed E-state index contributed by atoms with van der Waals surface area (Å²) in [6, 6.07) is 28.7. The standard InChI is InChI=1S/C25H19N3O2S/c26-31(29,30)22-13-7-12-20(14-22)23-15-21(18-8-3-1-4-9-18)16-28-17-24(27-25(23)28)19-10-5-2-6-11-19/h1-17H,(H2,26,29,30). The Morgan fingerprint density at radius 3 is 2.00 bits per heavy atom. The van der Waals surface area contributed by atoms with Gasteiger partial charge in [-0.25, -0.2) is 18.5 Å². The Kier molecular flexibility index (Phi) is 4.66. The van der Waals surface area contributed by atoms with Crippen LogP contribution in [-0.4, -0.2) is 17.8 Å². The molecule has 2 N–H and O–H groups in total. The second kappa shape index (κ2) is 7.50. The number of aromatic nitrogens is 2. The normalized spacial score (nSPS) is 11.6. The van der Waals surface area contributed by atoms with Crippen molar-refractivity contribution in [2.45, 2.75) is 4.90 Å². The molecular formula is C25H19N3O2S. The number of fused-ring (bicyclic) bond motifs is 1. The number of benzene rings is 3. The van der Waals surface area contributed by atoms with Gasteiger partial charge < -0.3 is 4.40 Å². The zero-order chi connectivity index (χ0) is 21.4. The van der Waals surface area contributed by atoms with Crippen LogP contribution in [0.3, 0.4) is 0 Å². The average Bonchev–Trinajstić information content (AvgIpc) is 3.23. The first-order valence-electron chi connectivity index (χ1n) is 9.76. The minimum absolute atomic E-state index is 0.0723. The molecule has 3 aromatic carbocycles. The predicted octanol–water partition coefficient (Wildman–Crippen LogP) is 4.98. The lowest BCUT2D eigenvalue weighted by molar-refractivity contribution is 0.598. The fourth-order valence-corrected chi connectivity index (χ4v) is 4.25. The molecule has 0 amide bonds. The molecule has 0 unspecified atom stereocenters. The van der Waals surface area contributed by atoms with Crippen molar-refractivity contribution in [3.8, 4) is 33.5 Å². The largest absolute Gasteiger partial charge is 0.305 e. The van der Waals surface area contributed by atoms with E-state index in [1.165, 1.54) is 6.07 Å². The summed E-state index contributed by atoms with van der Waals surface area (Å²) in [4.78, 5) is 4.94. The van der Waals surface area contributed by atoms with Gasteiger partial charge in [-0.1, -0.05) is 72.8 Å². The van der Waals surface area contributed by atoms with Gasteiger partial charge in [0.15, 0.2) is 0 Å². The Hall–Kier alpha value is -3.74. The third-order valence-electron chi connectivity index (χ3n) is 5.20. The minimum Gasteiger partial charge on any atom is -0.305 e. The van der Waals surface area contributed by atoms with E-state index in [1.807, 2.05) is 89.6 Å². The van der Waals surface area contributed by atoms with Crippen molar-refractivity contribution in [3.63, 3.8) is 0 Å². The quantitative estimate of drug-likeness (QED) is 0.441. The van der Waals surface area contributed by atoms with E-state index < -0.39 is 10.0 Å². The Morgan fingerprint density at radius 2 is 1.32 bits per heavy atom. The number of nitrogens with two attached hydrogens (primary N) is 1. The van der Waals surface area contributed by atoms with Crippen LogP contribution in [0.25, 0.3) is 39.2 Å². The smallest absolute Gasteiger partial charge is 0.238 e. The van der Waals surface area contributed by atoms with Gasteiger partial charge in [-0.3, -0.25) is 0 Å². The van der Waals surface area contributed by atoms with Crippen LogP contribution < -0.4 is 5.14 Å². The maximum absolute atomic E-state index is 11.9. The van der Waals surface area contributed by atoms with E-state index in [0.29, 0.717) is 0 Å². The van der Waals surface area contributed by atoms with Gasteiger partial charge in [-0.2, -0.15) is 0 Å². The Labute approximate surface area is 180 Å². The van der Waals surface area contributed by atoms with E-state index >= 15 is 0 Å². The monoisotopic (exact) mass is 425 g/mol. The molecule has 31 heavy (non-hydrogen) atoms. The predicted molar refractivity (Wildman–Crippen MR) is 123 cm³/mol. The SMILES string of the molecule is NS(=O)(=O)c1cccc(-c2cc(-c3ccccc3)cn3cc(-c4ccccc4)nc23)c1. The van der Waals surface area contributed by atoms with Gasteiger partial charge in [0.1, 0.15) is 5.65 Å². The van der Waals surface area contributed by atoms with Crippen molar-refractivity contribution in [1.82, 2.24) is 9.38 Å². The first-order valence-corrected chi connectivity index (χ1v) is 11.3. The molecule has 0 aliphatic rings. The van der Waals surface area contributed by atoms with Gasteiger partial charge >= 0.3 is 0 Å². The van der Waals surface area contributed by atoms with E-state index in [4.69, 9.17) is 10.1 Å². The molecule has 5 nitrogen and oxygen atoms in total. The number of rotatable bonds is 4. The fourth-order valence-electron chi connectivity index (χ4n) is 3.69. The molecular weight excluding hydrogens is 406 g/mol. The Morgan fingerprint density at radius 1 is 0.677 bits per heavy atom. The van der Waals surface area contributed by atoms with Crippen LogP contribution in [0, 0.1) is 0 Å². The molecule has 0 fully saturated rings. The summed E-state index contributed by atoms with van der Waals surface area (Å²) >= 11 is 0. The number of hydrogen-bond acceptors (Lipinski definition) is 3. The van der Waals surface area contributed by atoms with E-state index in [1.54, 1.807) is 12.1 Å². The Balaban J connectivity index is 1.78. The molecule has 0 radical (unpaired) electrons. The van der Waals surface area contributed by atoms with Crippen molar-refractivity contribution in [2.24, 2.45) is 5.14 Å². The molecule has 2 heterocycles. The first kappa shape index (κ1) is 19.2. The second-order valence-electron chi connectivity index (χ2n) is 7.30. The van der Waals surface area contributed by atoms with Crippen molar-refractivity contribution >= 4 is 15.7 Å². The maximum Gasteiger partial charge on any atom is 0.238 e. The number of primary sulfonamides is 1. The van der Waals surface area contributed by atoms with Crippen molar-refractivity contribution in [2.75, 3.05) is 0 Å². The second-order valence-corrected chi connectivity index (χ2v) is 8.87. The van der Waals surface area contributed by atoms with Crippen LogP contribution in [0.5, 0.6) is 0 Å². The number of imidazole rings is 1. The minimum atomic E-state index is -3.81. The highest BCUT2D eigenvalue weighted by Crippen LogP contribution is 2.32. The number of hydrogen-bond donors (Lipinski definition) is 1. The van der Waals surface area contributed by atoms with Crippen molar-refractivity contribution in [1.29, 1.82) is 0 Å². The van der Waals surface area contributed by atoms with Gasteiger partial charge in [0, 0.05) is 23.5 Å². The zero-order valence-electron chi connectivity index (χ0n) is 16.5. The van der Waals surface area contributed by atoms with Crippen LogP contribution >= 0.6 is 0 Å². The van der Waals surface area contributed by atoms with Crippen LogP contribution in [0.2, 0.25) is 0 Å². The summed E-state index contributed by atoms with van der Waals surface area (Å²) in [6.07, 6.45) is 4.03. The van der Waals surface area contributed by atoms with Gasteiger partial charge in [0.25, 0.3) is 0 Å². The molecule has 2 aromatic heterocycles. The molecule has 5 rings (SSSR count). The van der Waals surface area contributed by atoms with E-state index in [9.17, 15) is 8.42 Å². The van der Waals surface area contributed by atoms with Crippen LogP contribution in [0.15, 0.2) is 108 Å². The first-order chi connectivity index (χ1) is 15.0. The lowest BCUT2D eigenvalue weighted by atomic mass is 10.0. The van der Waals surface area contributed by atoms with Crippen LogP contribution in [-0.2, 0) is 10.0 Å². The summed E-state index contributed by atoms with van der Waals surface area (Å²) in [5, 5.41) is 5.37. The fraction of sp³-hybridized carbons (Fsp3) is 0. The highest BCUT2D eigenvalue weighted by Gasteiger charge is 2.15. The van der Waals surface area contributed by atoms with E-state index in [2.05, 4.69) is 0 Å². The van der Waals surface area contributed by atoms with Gasteiger partial charge in [-0.15, -0.1) is 0 Å². The van der Waals surface area contributed by atoms with Gasteiger partial charge in [0.2, 0.25) is 10.0 Å². The molecule has 0 aliphatic heterocycles. The average molecular weight is 426 g/mol. The van der Waals surface area contributed by atoms with Gasteiger partial charge in [-0.05, 0) is 34.9 Å². The number of sulfonamides is 1. The number of pyridine rings is 1. The molecule has 0 saturated heterocycles. The molecule has 0 bridgehead atoms. The lowest BCUT2D eigenvalue weighted by Crippen LogP contribution is -2.11. The summed E-state index contributed by atoms with van der Waals surface area (Å²) in [6.45, 7) is 0. The maximum atomic E-state index is 11.9. The summed E-state index contributed by atoms with van der Waals surface area (Å²) < 4.78 is 25.8. The van der Waals surface area contributed by atoms with Crippen molar-refractivity contribution < 1.29 is 8.42 Å². The molecule has 6 heteroatoms. The van der Waals surface area contributed by atoms with Crippen molar-refractivity contribution in [3.05, 3.63) is 103 Å². The molecule has 0 saturated carbocycles. The third-order valence-corrected chi connectivity index (χ3v) is 6.11.